The summed E-state index contributed by atoms with van der Waals surface area (Å²) in [6.07, 6.45) is 2.31. The van der Waals surface area contributed by atoms with Crippen molar-refractivity contribution in [3.8, 4) is 0 Å². The van der Waals surface area contributed by atoms with Crippen LogP contribution < -0.4 is 4.72 Å². The number of halogens is 2. The molecular weight excluding hydrogens is 410 g/mol. The molecule has 1 aromatic carbocycles. The average Bonchev–Trinajstić information content (AvgIpc) is 2.71. The van der Waals surface area contributed by atoms with Gasteiger partial charge in [0.25, 0.3) is 10.0 Å². The zero-order chi connectivity index (χ0) is 14.9. The van der Waals surface area contributed by atoms with E-state index in [-0.39, 0.29) is 4.90 Å². The zero-order valence-corrected chi connectivity index (χ0v) is 14.9. The molecule has 0 unspecified atom stereocenters. The summed E-state index contributed by atoms with van der Waals surface area (Å²) in [5.41, 5.74) is 1.21. The molecule has 0 amide bonds. The summed E-state index contributed by atoms with van der Waals surface area (Å²) in [4.78, 5) is 0.179. The lowest BCUT2D eigenvalue weighted by Crippen LogP contribution is -2.14. The average molecular weight is 423 g/mol. The molecular formula is C12H13Br2N3O2S. The van der Waals surface area contributed by atoms with Crippen molar-refractivity contribution >= 4 is 47.6 Å². The van der Waals surface area contributed by atoms with Crippen molar-refractivity contribution in [1.29, 1.82) is 0 Å². The van der Waals surface area contributed by atoms with Crippen LogP contribution >= 0.6 is 31.9 Å². The van der Waals surface area contributed by atoms with Crippen LogP contribution in [0.4, 0.5) is 5.69 Å². The van der Waals surface area contributed by atoms with E-state index in [1.807, 2.05) is 6.92 Å². The number of hydrogen-bond donors (Lipinski definition) is 1. The number of aromatic nitrogens is 2. The highest BCUT2D eigenvalue weighted by Crippen LogP contribution is 2.28. The van der Waals surface area contributed by atoms with E-state index >= 15 is 0 Å². The van der Waals surface area contributed by atoms with Gasteiger partial charge in [0.05, 0.1) is 11.4 Å². The molecule has 0 saturated heterocycles. The summed E-state index contributed by atoms with van der Waals surface area (Å²) in [6, 6.07) is 5.00. The minimum Gasteiger partial charge on any atom is -0.276 e. The number of aryl methyl sites for hydroxylation is 2. The van der Waals surface area contributed by atoms with Crippen LogP contribution in [0, 0.1) is 0 Å². The Morgan fingerprint density at radius 2 is 2.05 bits per heavy atom. The first-order valence-electron chi connectivity index (χ1n) is 5.84. The predicted molar refractivity (Wildman–Crippen MR) is 85.2 cm³/mol. The molecule has 5 nitrogen and oxygen atoms in total. The van der Waals surface area contributed by atoms with Gasteiger partial charge in [0.1, 0.15) is 4.90 Å². The molecule has 20 heavy (non-hydrogen) atoms. The van der Waals surface area contributed by atoms with E-state index < -0.39 is 10.0 Å². The lowest BCUT2D eigenvalue weighted by atomic mass is 10.3. The van der Waals surface area contributed by atoms with Crippen molar-refractivity contribution in [3.05, 3.63) is 39.0 Å². The Hall–Kier alpha value is -0.860. The lowest BCUT2D eigenvalue weighted by molar-refractivity contribution is 0.600. The predicted octanol–water partition coefficient (Wildman–Crippen LogP) is 3.31. The smallest absolute Gasteiger partial charge is 0.263 e. The SMILES string of the molecule is CCc1nn(C)cc1NS(=O)(=O)c1cc(Br)ccc1Br. The van der Waals surface area contributed by atoms with Crippen molar-refractivity contribution in [2.75, 3.05) is 4.72 Å². The molecule has 2 aromatic rings. The summed E-state index contributed by atoms with van der Waals surface area (Å²) < 4.78 is 30.3. The first kappa shape index (κ1) is 15.5. The highest BCUT2D eigenvalue weighted by Gasteiger charge is 2.20. The van der Waals surface area contributed by atoms with Crippen molar-refractivity contribution in [3.63, 3.8) is 0 Å². The van der Waals surface area contributed by atoms with Gasteiger partial charge >= 0.3 is 0 Å². The van der Waals surface area contributed by atoms with Gasteiger partial charge in [0.2, 0.25) is 0 Å². The van der Waals surface area contributed by atoms with Crippen molar-refractivity contribution in [1.82, 2.24) is 9.78 Å². The topological polar surface area (TPSA) is 64.0 Å². The van der Waals surface area contributed by atoms with E-state index in [9.17, 15) is 8.42 Å². The Bertz CT molecular complexity index is 741. The molecule has 1 N–H and O–H groups in total. The molecule has 2 rings (SSSR count). The molecule has 0 aliphatic carbocycles. The normalized spacial score (nSPS) is 11.6. The van der Waals surface area contributed by atoms with Gasteiger partial charge in [-0.25, -0.2) is 8.42 Å². The second-order valence-corrected chi connectivity index (χ2v) is 7.62. The highest BCUT2D eigenvalue weighted by atomic mass is 79.9. The minimum atomic E-state index is -3.67. The van der Waals surface area contributed by atoms with Gasteiger partial charge in [-0.2, -0.15) is 5.10 Å². The van der Waals surface area contributed by atoms with Gasteiger partial charge in [-0.1, -0.05) is 22.9 Å². The fourth-order valence-corrected chi connectivity index (χ4v) is 4.34. The molecule has 0 bridgehead atoms. The van der Waals surface area contributed by atoms with Gasteiger partial charge in [0.15, 0.2) is 0 Å². The standard InChI is InChI=1S/C12H13Br2N3O2S/c1-3-10-11(7-17(2)15-10)16-20(18,19)12-6-8(13)4-5-9(12)14/h4-7,16H,3H2,1-2H3. The number of benzene rings is 1. The second-order valence-electron chi connectivity index (χ2n) is 4.20. The Balaban J connectivity index is 2.43. The van der Waals surface area contributed by atoms with E-state index in [1.54, 1.807) is 36.1 Å². The molecule has 108 valence electrons. The Morgan fingerprint density at radius 3 is 2.70 bits per heavy atom. The third-order valence-corrected chi connectivity index (χ3v) is 5.52. The van der Waals surface area contributed by atoms with Crippen molar-refractivity contribution < 1.29 is 8.42 Å². The van der Waals surface area contributed by atoms with E-state index in [4.69, 9.17) is 0 Å². The van der Waals surface area contributed by atoms with Crippen molar-refractivity contribution in [2.24, 2.45) is 7.05 Å². The first-order valence-corrected chi connectivity index (χ1v) is 8.91. The molecule has 0 atom stereocenters. The number of nitrogens with one attached hydrogen (secondary N) is 1. The molecule has 0 aliphatic heterocycles. The van der Waals surface area contributed by atoms with Crippen molar-refractivity contribution in [2.45, 2.75) is 18.2 Å². The lowest BCUT2D eigenvalue weighted by Gasteiger charge is -2.09. The van der Waals surface area contributed by atoms with E-state index in [0.717, 1.165) is 0 Å². The van der Waals surface area contributed by atoms with E-state index in [0.29, 0.717) is 26.7 Å². The Kier molecular flexibility index (Phi) is 4.55. The molecule has 0 aliphatic rings. The summed E-state index contributed by atoms with van der Waals surface area (Å²) in [7, 11) is -1.91. The number of anilines is 1. The molecule has 8 heteroatoms. The highest BCUT2D eigenvalue weighted by molar-refractivity contribution is 9.11. The molecule has 1 heterocycles. The fraction of sp³-hybridized carbons (Fsp3) is 0.250. The quantitative estimate of drug-likeness (QED) is 0.821. The maximum atomic E-state index is 12.5. The van der Waals surface area contributed by atoms with Crippen LogP contribution in [0.3, 0.4) is 0 Å². The van der Waals surface area contributed by atoms with Crippen LogP contribution in [0.5, 0.6) is 0 Å². The molecule has 1 aromatic heterocycles. The largest absolute Gasteiger partial charge is 0.276 e. The fourth-order valence-electron chi connectivity index (χ4n) is 1.76. The van der Waals surface area contributed by atoms with Gasteiger partial charge in [0, 0.05) is 22.2 Å². The summed E-state index contributed by atoms with van der Waals surface area (Å²) >= 11 is 6.54. The summed E-state index contributed by atoms with van der Waals surface area (Å²) in [6.45, 7) is 1.93. The van der Waals surface area contributed by atoms with E-state index in [1.165, 1.54) is 0 Å². The van der Waals surface area contributed by atoms with Gasteiger partial charge in [-0.3, -0.25) is 9.40 Å². The molecule has 0 radical (unpaired) electrons. The molecule has 0 saturated carbocycles. The third-order valence-electron chi connectivity index (χ3n) is 2.67. The van der Waals surface area contributed by atoms with Crippen LogP contribution in [-0.4, -0.2) is 18.2 Å². The summed E-state index contributed by atoms with van der Waals surface area (Å²) in [5, 5.41) is 4.22. The van der Waals surface area contributed by atoms with Gasteiger partial charge in [-0.15, -0.1) is 0 Å². The molecule has 0 fully saturated rings. The number of sulfonamides is 1. The monoisotopic (exact) mass is 421 g/mol. The van der Waals surface area contributed by atoms with Crippen LogP contribution in [0.1, 0.15) is 12.6 Å². The van der Waals surface area contributed by atoms with Gasteiger partial charge in [-0.05, 0) is 40.5 Å². The Labute approximate surface area is 134 Å². The van der Waals surface area contributed by atoms with E-state index in [2.05, 4.69) is 41.7 Å². The maximum Gasteiger partial charge on any atom is 0.263 e. The number of rotatable bonds is 4. The number of nitrogens with zero attached hydrogens (tertiary/aromatic N) is 2. The second kappa shape index (κ2) is 5.87. The Morgan fingerprint density at radius 1 is 1.35 bits per heavy atom. The third kappa shape index (κ3) is 3.24. The first-order chi connectivity index (χ1) is 9.33. The van der Waals surface area contributed by atoms with Crippen LogP contribution in [0.25, 0.3) is 0 Å². The zero-order valence-electron chi connectivity index (χ0n) is 10.9. The van der Waals surface area contributed by atoms with Crippen LogP contribution in [0.15, 0.2) is 38.2 Å². The maximum absolute atomic E-state index is 12.5. The van der Waals surface area contributed by atoms with Gasteiger partial charge < -0.3 is 0 Å². The van der Waals surface area contributed by atoms with Crippen LogP contribution in [0.2, 0.25) is 0 Å². The summed E-state index contributed by atoms with van der Waals surface area (Å²) in [5.74, 6) is 0. The minimum absolute atomic E-state index is 0.179. The molecule has 0 spiro atoms. The number of hydrogen-bond acceptors (Lipinski definition) is 3. The van der Waals surface area contributed by atoms with Crippen LogP contribution in [-0.2, 0) is 23.5 Å².